The number of azide groups is 1. The van der Waals surface area contributed by atoms with Gasteiger partial charge in [0.05, 0.1) is 25.8 Å². The van der Waals surface area contributed by atoms with Crippen molar-refractivity contribution in [3.05, 3.63) is 40.4 Å². The van der Waals surface area contributed by atoms with E-state index in [2.05, 4.69) is 43.2 Å². The average molecular weight is 536 g/mol. The molecule has 1 N–H and O–H groups in total. The fourth-order valence-corrected chi connectivity index (χ4v) is 4.61. The van der Waals surface area contributed by atoms with Gasteiger partial charge in [-0.15, -0.1) is 0 Å². The smallest absolute Gasteiger partial charge is 0.309 e. The van der Waals surface area contributed by atoms with Gasteiger partial charge in [-0.05, 0) is 56.7 Å². The third-order valence-electron chi connectivity index (χ3n) is 6.56. The molecule has 4 rings (SSSR count). The second-order valence-electron chi connectivity index (χ2n) is 10.7. The van der Waals surface area contributed by atoms with Gasteiger partial charge in [-0.1, -0.05) is 19.4 Å². The minimum Gasteiger partial charge on any atom is -0.496 e. The maximum atomic E-state index is 12.5. The van der Waals surface area contributed by atoms with Gasteiger partial charge in [-0.2, -0.15) is 5.10 Å². The molecule has 1 aliphatic rings. The number of ether oxygens (including phenoxy) is 2. The van der Waals surface area contributed by atoms with Gasteiger partial charge in [0.15, 0.2) is 11.3 Å². The Labute approximate surface area is 228 Å². The van der Waals surface area contributed by atoms with Crippen LogP contribution in [0.5, 0.6) is 5.75 Å². The average Bonchev–Trinajstić information content (AvgIpc) is 3.31. The van der Waals surface area contributed by atoms with Gasteiger partial charge in [-0.3, -0.25) is 9.48 Å². The maximum absolute atomic E-state index is 12.5. The number of hydrogen-bond donors (Lipinski definition) is 1. The lowest BCUT2D eigenvalue weighted by Crippen LogP contribution is -2.38. The Morgan fingerprint density at radius 3 is 2.69 bits per heavy atom. The van der Waals surface area contributed by atoms with Crippen molar-refractivity contribution in [3.8, 4) is 5.75 Å². The summed E-state index contributed by atoms with van der Waals surface area (Å²) >= 11 is 0. The zero-order chi connectivity index (χ0) is 28.0. The molecule has 208 valence electrons. The lowest BCUT2D eigenvalue weighted by molar-refractivity contribution is -0.160. The van der Waals surface area contributed by atoms with Crippen LogP contribution in [-0.4, -0.2) is 58.1 Å². The summed E-state index contributed by atoms with van der Waals surface area (Å²) in [5.41, 5.74) is 11.6. The molecule has 1 saturated heterocycles. The van der Waals surface area contributed by atoms with Gasteiger partial charge in [0.1, 0.15) is 16.9 Å². The van der Waals surface area contributed by atoms with E-state index in [1.54, 1.807) is 11.8 Å². The summed E-state index contributed by atoms with van der Waals surface area (Å²) in [7, 11) is 1.66. The van der Waals surface area contributed by atoms with Crippen molar-refractivity contribution in [2.24, 2.45) is 11.0 Å². The van der Waals surface area contributed by atoms with E-state index in [1.165, 1.54) is 0 Å². The van der Waals surface area contributed by atoms with E-state index >= 15 is 0 Å². The Morgan fingerprint density at radius 2 is 2.03 bits per heavy atom. The molecule has 0 atom stereocenters. The summed E-state index contributed by atoms with van der Waals surface area (Å²) < 4.78 is 13.1. The Morgan fingerprint density at radius 1 is 1.26 bits per heavy atom. The highest BCUT2D eigenvalue weighted by molar-refractivity contribution is 5.85. The van der Waals surface area contributed by atoms with E-state index in [1.807, 2.05) is 39.1 Å². The number of aromatic nitrogens is 4. The first-order valence-corrected chi connectivity index (χ1v) is 13.4. The summed E-state index contributed by atoms with van der Waals surface area (Å²) in [6.07, 6.45) is 5.34. The van der Waals surface area contributed by atoms with Crippen molar-refractivity contribution in [2.45, 2.75) is 65.5 Å². The van der Waals surface area contributed by atoms with E-state index in [0.29, 0.717) is 23.4 Å². The summed E-state index contributed by atoms with van der Waals surface area (Å²) in [5.74, 6) is 1.18. The van der Waals surface area contributed by atoms with Crippen LogP contribution < -0.4 is 15.0 Å². The molecule has 0 bridgehead atoms. The van der Waals surface area contributed by atoms with Crippen LogP contribution >= 0.6 is 0 Å². The molecule has 1 aromatic carbocycles. The topological polar surface area (TPSA) is 143 Å². The molecule has 0 aliphatic carbocycles. The first-order valence-electron chi connectivity index (χ1n) is 13.4. The van der Waals surface area contributed by atoms with Crippen LogP contribution in [-0.2, 0) is 16.1 Å². The van der Waals surface area contributed by atoms with Crippen molar-refractivity contribution < 1.29 is 14.3 Å². The molecular weight excluding hydrogens is 498 g/mol. The molecule has 0 spiro atoms. The van der Waals surface area contributed by atoms with E-state index in [9.17, 15) is 4.79 Å². The number of piperidine rings is 1. The van der Waals surface area contributed by atoms with Crippen LogP contribution in [0.15, 0.2) is 29.5 Å². The van der Waals surface area contributed by atoms with Gasteiger partial charge in [-0.25, -0.2) is 9.97 Å². The molecular formula is C27H37N9O3. The standard InChI is InChI=1S/C27H37N9O3/c1-6-7-12-29-24-23-21(30-26(31-24)32-34-28)17-36(33-23)16-19-8-9-20(15-22(19)38-5)35-13-10-18(11-14-35)25(37)39-27(2,3)4/h8-9,15,17-18H,6-7,10-14,16H2,1-5H3,(H,29,30,31). The number of hydrogen-bond acceptors (Lipinski definition) is 9. The molecule has 12 heteroatoms. The second kappa shape index (κ2) is 12.2. The molecule has 3 heterocycles. The number of carbonyl (C=O) groups excluding carboxylic acids is 1. The first-order chi connectivity index (χ1) is 18.7. The predicted octanol–water partition coefficient (Wildman–Crippen LogP) is 5.60. The number of nitrogens with zero attached hydrogens (tertiary/aromatic N) is 8. The number of fused-ring (bicyclic) bond motifs is 1. The van der Waals surface area contributed by atoms with Crippen LogP contribution in [0.4, 0.5) is 17.5 Å². The number of unbranched alkanes of at least 4 members (excludes halogenated alkanes) is 1. The Hall–Kier alpha value is -4.05. The fraction of sp³-hybridized carbons (Fsp3) is 0.556. The Balaban J connectivity index is 1.49. The number of anilines is 2. The van der Waals surface area contributed by atoms with E-state index in [-0.39, 0.29) is 17.8 Å². The molecule has 0 radical (unpaired) electrons. The molecule has 2 aromatic heterocycles. The van der Waals surface area contributed by atoms with E-state index in [4.69, 9.17) is 20.1 Å². The molecule has 0 saturated carbocycles. The second-order valence-corrected chi connectivity index (χ2v) is 10.7. The Kier molecular flexibility index (Phi) is 8.75. The lowest BCUT2D eigenvalue weighted by atomic mass is 9.96. The zero-order valence-corrected chi connectivity index (χ0v) is 23.3. The normalized spacial score (nSPS) is 14.2. The van der Waals surface area contributed by atoms with Crippen molar-refractivity contribution in [1.82, 2.24) is 19.7 Å². The monoisotopic (exact) mass is 535 g/mol. The molecule has 39 heavy (non-hydrogen) atoms. The highest BCUT2D eigenvalue weighted by Gasteiger charge is 2.29. The van der Waals surface area contributed by atoms with Crippen LogP contribution in [0.25, 0.3) is 21.5 Å². The number of nitrogens with one attached hydrogen (secondary N) is 1. The van der Waals surface area contributed by atoms with Gasteiger partial charge in [0.25, 0.3) is 0 Å². The van der Waals surface area contributed by atoms with Gasteiger partial charge < -0.3 is 19.7 Å². The number of benzene rings is 1. The lowest BCUT2D eigenvalue weighted by Gasteiger charge is -2.34. The molecule has 0 amide bonds. The highest BCUT2D eigenvalue weighted by atomic mass is 16.6. The van der Waals surface area contributed by atoms with Crippen LogP contribution in [0, 0.1) is 5.92 Å². The van der Waals surface area contributed by atoms with Gasteiger partial charge in [0.2, 0.25) is 5.95 Å². The van der Waals surface area contributed by atoms with Crippen LogP contribution in [0.2, 0.25) is 0 Å². The van der Waals surface area contributed by atoms with E-state index in [0.717, 1.165) is 62.3 Å². The molecule has 1 aliphatic heterocycles. The Bertz CT molecular complexity index is 1350. The number of carbonyl (C=O) groups is 1. The van der Waals surface area contributed by atoms with Crippen molar-refractivity contribution in [3.63, 3.8) is 0 Å². The summed E-state index contributed by atoms with van der Waals surface area (Å²) in [4.78, 5) is 26.3. The molecule has 1 fully saturated rings. The minimum absolute atomic E-state index is 0.0564. The first kappa shape index (κ1) is 28.0. The summed E-state index contributed by atoms with van der Waals surface area (Å²) in [6.45, 7) is 10.6. The molecule has 0 unspecified atom stereocenters. The largest absolute Gasteiger partial charge is 0.496 e. The van der Waals surface area contributed by atoms with E-state index < -0.39 is 5.60 Å². The van der Waals surface area contributed by atoms with Gasteiger partial charge in [0, 0.05) is 41.9 Å². The summed E-state index contributed by atoms with van der Waals surface area (Å²) in [6, 6.07) is 6.15. The highest BCUT2D eigenvalue weighted by Crippen LogP contribution is 2.31. The quantitative estimate of drug-likeness (QED) is 0.116. The molecule has 12 nitrogen and oxygen atoms in total. The minimum atomic E-state index is -0.468. The fourth-order valence-electron chi connectivity index (χ4n) is 4.61. The third-order valence-corrected chi connectivity index (χ3v) is 6.56. The van der Waals surface area contributed by atoms with Crippen molar-refractivity contribution in [1.29, 1.82) is 0 Å². The van der Waals surface area contributed by atoms with Crippen LogP contribution in [0.1, 0.15) is 58.9 Å². The summed E-state index contributed by atoms with van der Waals surface area (Å²) in [5, 5.41) is 11.6. The SMILES string of the molecule is CCCCNc1nc(N=[N+]=[N-])nc2cn(Cc3ccc(N4CCC(C(=O)OC(C)(C)C)CC4)cc3OC)nc12. The van der Waals surface area contributed by atoms with Crippen molar-refractivity contribution >= 4 is 34.5 Å². The zero-order valence-electron chi connectivity index (χ0n) is 23.3. The number of esters is 1. The third kappa shape index (κ3) is 7.08. The number of rotatable bonds is 10. The predicted molar refractivity (Wildman–Crippen MR) is 150 cm³/mol. The van der Waals surface area contributed by atoms with Crippen LogP contribution in [0.3, 0.4) is 0 Å². The number of methoxy groups -OCH3 is 1. The molecule has 3 aromatic rings. The van der Waals surface area contributed by atoms with Crippen molar-refractivity contribution in [2.75, 3.05) is 37.0 Å². The van der Waals surface area contributed by atoms with Gasteiger partial charge >= 0.3 is 5.97 Å². The maximum Gasteiger partial charge on any atom is 0.309 e.